The predicted octanol–water partition coefficient (Wildman–Crippen LogP) is 4.78. The van der Waals surface area contributed by atoms with Crippen LogP contribution in [0.3, 0.4) is 0 Å². The topological polar surface area (TPSA) is 97.4 Å². The van der Waals surface area contributed by atoms with Crippen molar-refractivity contribution in [2.75, 3.05) is 24.3 Å². The maximum absolute atomic E-state index is 12.8. The smallest absolute Gasteiger partial charge is 0.336 e. The molecule has 0 aliphatic carbocycles. The van der Waals surface area contributed by atoms with Crippen molar-refractivity contribution in [3.8, 4) is 11.8 Å². The molecule has 2 aromatic rings. The number of nitrogens with two attached hydrogens (primary N) is 1. The summed E-state index contributed by atoms with van der Waals surface area (Å²) in [4.78, 5) is 13.2. The number of nitrogen functional groups attached to an aromatic ring is 1. The molecule has 1 aromatic carbocycles. The van der Waals surface area contributed by atoms with Crippen molar-refractivity contribution >= 4 is 28.0 Å². The van der Waals surface area contributed by atoms with Gasteiger partial charge in [-0.05, 0) is 38.0 Å². The Morgan fingerprint density at radius 3 is 2.66 bits per heavy atom. The predicted molar refractivity (Wildman–Crippen MR) is 115 cm³/mol. The van der Waals surface area contributed by atoms with Gasteiger partial charge in [0.15, 0.2) is 0 Å². The molecule has 1 aliphatic rings. The molecule has 1 aromatic heterocycles. The maximum Gasteiger partial charge on any atom is 0.336 e. The summed E-state index contributed by atoms with van der Waals surface area (Å²) >= 11 is 1.30. The monoisotopic (exact) mass is 411 g/mol. The summed E-state index contributed by atoms with van der Waals surface area (Å²) in [7, 11) is 0. The molecule has 3 N–H and O–H groups in total. The molecule has 0 saturated carbocycles. The zero-order chi connectivity index (χ0) is 21.0. The number of nitrogens with one attached hydrogen (secondary N) is 1. The lowest BCUT2D eigenvalue weighted by molar-refractivity contribution is -0.138. The number of carbonyl (C=O) groups excluding carboxylic acids is 1. The van der Waals surface area contributed by atoms with Crippen molar-refractivity contribution in [1.82, 2.24) is 0 Å². The highest BCUT2D eigenvalue weighted by Gasteiger charge is 2.37. The van der Waals surface area contributed by atoms with Gasteiger partial charge in [-0.3, -0.25) is 0 Å². The summed E-state index contributed by atoms with van der Waals surface area (Å²) in [5.74, 6) is -0.0142. The molecular formula is C22H25N3O3S. The second-order valence-electron chi connectivity index (χ2n) is 6.79. The Labute approximate surface area is 174 Å². The summed E-state index contributed by atoms with van der Waals surface area (Å²) < 4.78 is 11.1. The number of carbonyl (C=O) groups is 1. The summed E-state index contributed by atoms with van der Waals surface area (Å²) in [6, 6.07) is 9.83. The van der Waals surface area contributed by atoms with Crippen LogP contribution in [0.1, 0.15) is 55.5 Å². The van der Waals surface area contributed by atoms with Gasteiger partial charge < -0.3 is 20.5 Å². The summed E-state index contributed by atoms with van der Waals surface area (Å²) in [6.45, 7) is 6.69. The number of nitriles is 1. The molecule has 1 atom stereocenters. The molecule has 0 amide bonds. The van der Waals surface area contributed by atoms with Crippen LogP contribution in [-0.2, 0) is 9.53 Å². The number of unbranched alkanes of at least 4 members (excludes halogenated alkanes) is 1. The van der Waals surface area contributed by atoms with Gasteiger partial charge in [0.05, 0.1) is 24.5 Å². The Morgan fingerprint density at radius 2 is 2.03 bits per heavy atom. The quantitative estimate of drug-likeness (QED) is 0.503. The van der Waals surface area contributed by atoms with E-state index in [1.54, 1.807) is 6.92 Å². The molecule has 0 saturated heterocycles. The molecular weight excluding hydrogens is 386 g/mol. The van der Waals surface area contributed by atoms with Gasteiger partial charge in [0.2, 0.25) is 0 Å². The largest absolute Gasteiger partial charge is 0.494 e. The van der Waals surface area contributed by atoms with Crippen molar-refractivity contribution in [2.45, 2.75) is 39.5 Å². The van der Waals surface area contributed by atoms with Crippen molar-refractivity contribution in [3.05, 3.63) is 51.5 Å². The summed E-state index contributed by atoms with van der Waals surface area (Å²) in [5, 5.41) is 13.4. The first-order valence-corrected chi connectivity index (χ1v) is 10.5. The van der Waals surface area contributed by atoms with Crippen molar-refractivity contribution in [1.29, 1.82) is 5.26 Å². The third kappa shape index (κ3) is 4.08. The van der Waals surface area contributed by atoms with Gasteiger partial charge in [0.1, 0.15) is 21.7 Å². The fourth-order valence-corrected chi connectivity index (χ4v) is 4.43. The third-order valence-corrected chi connectivity index (χ3v) is 5.88. The Morgan fingerprint density at radius 1 is 1.31 bits per heavy atom. The first-order chi connectivity index (χ1) is 14.0. The highest BCUT2D eigenvalue weighted by atomic mass is 32.1. The normalized spacial score (nSPS) is 15.3. The molecule has 0 fully saturated rings. The van der Waals surface area contributed by atoms with Gasteiger partial charge in [0, 0.05) is 17.2 Å². The van der Waals surface area contributed by atoms with E-state index >= 15 is 0 Å². The molecule has 6 nitrogen and oxygen atoms in total. The van der Waals surface area contributed by atoms with E-state index in [1.807, 2.05) is 31.2 Å². The first kappa shape index (κ1) is 20.7. The van der Waals surface area contributed by atoms with E-state index in [0.29, 0.717) is 28.4 Å². The van der Waals surface area contributed by atoms with Crippen LogP contribution >= 0.6 is 11.3 Å². The SMILES string of the molecule is CCCCOc1ccc([C@H]2C(C(=O)OCC)=C(C)Nc3sc(C#N)c(N)c32)cc1. The number of nitrogens with zero attached hydrogens (tertiary/aromatic N) is 1. The van der Waals surface area contributed by atoms with Crippen LogP contribution in [0.4, 0.5) is 10.7 Å². The van der Waals surface area contributed by atoms with Gasteiger partial charge in [0.25, 0.3) is 0 Å². The lowest BCUT2D eigenvalue weighted by Crippen LogP contribution is -2.24. The fraction of sp³-hybridized carbons (Fsp3) is 0.364. The van der Waals surface area contributed by atoms with Crippen LogP contribution in [0.15, 0.2) is 35.5 Å². The zero-order valence-corrected chi connectivity index (χ0v) is 17.7. The van der Waals surface area contributed by atoms with Crippen LogP contribution in [0.2, 0.25) is 0 Å². The van der Waals surface area contributed by atoms with Crippen LogP contribution < -0.4 is 15.8 Å². The van der Waals surface area contributed by atoms with Crippen LogP contribution in [-0.4, -0.2) is 19.2 Å². The number of anilines is 2. The fourth-order valence-electron chi connectivity index (χ4n) is 3.42. The minimum Gasteiger partial charge on any atom is -0.494 e. The molecule has 0 unspecified atom stereocenters. The van der Waals surface area contributed by atoms with E-state index in [-0.39, 0.29) is 12.6 Å². The number of fused-ring (bicyclic) bond motifs is 1. The second-order valence-corrected chi connectivity index (χ2v) is 7.81. The molecule has 3 rings (SSSR count). The van der Waals surface area contributed by atoms with E-state index in [9.17, 15) is 10.1 Å². The van der Waals surface area contributed by atoms with Gasteiger partial charge in [-0.2, -0.15) is 5.26 Å². The lowest BCUT2D eigenvalue weighted by Gasteiger charge is -2.28. The Kier molecular flexibility index (Phi) is 6.45. The second kappa shape index (κ2) is 9.01. The number of rotatable bonds is 7. The number of ether oxygens (including phenoxy) is 2. The van der Waals surface area contributed by atoms with Crippen LogP contribution in [0.25, 0.3) is 0 Å². The average molecular weight is 412 g/mol. The number of thiophene rings is 1. The number of esters is 1. The lowest BCUT2D eigenvalue weighted by atomic mass is 9.82. The average Bonchev–Trinajstić information content (AvgIpc) is 3.03. The Bertz CT molecular complexity index is 970. The van der Waals surface area contributed by atoms with Gasteiger partial charge >= 0.3 is 5.97 Å². The van der Waals surface area contributed by atoms with Gasteiger partial charge in [-0.15, -0.1) is 11.3 Å². The number of hydrogen-bond acceptors (Lipinski definition) is 7. The standard InChI is InChI=1S/C22H25N3O3S/c1-4-6-11-28-15-9-7-14(8-10-15)18-17(22(26)27-5-2)13(3)25-21-19(18)20(24)16(12-23)29-21/h7-10,18,25H,4-6,11,24H2,1-3H3/t18-/m0/s1. The molecule has 0 spiro atoms. The van der Waals surface area contributed by atoms with E-state index in [1.165, 1.54) is 11.3 Å². The highest BCUT2D eigenvalue weighted by Crippen LogP contribution is 2.50. The van der Waals surface area contributed by atoms with E-state index in [0.717, 1.165) is 34.7 Å². The van der Waals surface area contributed by atoms with E-state index < -0.39 is 5.92 Å². The molecule has 0 radical (unpaired) electrons. The van der Waals surface area contributed by atoms with Gasteiger partial charge in [-0.1, -0.05) is 25.5 Å². The summed E-state index contributed by atoms with van der Waals surface area (Å²) in [6.07, 6.45) is 2.07. The van der Waals surface area contributed by atoms with E-state index in [2.05, 4.69) is 18.3 Å². The highest BCUT2D eigenvalue weighted by molar-refractivity contribution is 7.17. The number of benzene rings is 1. The molecule has 152 valence electrons. The van der Waals surface area contributed by atoms with Crippen molar-refractivity contribution in [3.63, 3.8) is 0 Å². The minimum absolute atomic E-state index is 0.280. The third-order valence-electron chi connectivity index (χ3n) is 4.84. The number of allylic oxidation sites excluding steroid dienone is 1. The van der Waals surface area contributed by atoms with Crippen LogP contribution in [0, 0.1) is 11.3 Å². The van der Waals surface area contributed by atoms with Crippen LogP contribution in [0.5, 0.6) is 5.75 Å². The molecule has 29 heavy (non-hydrogen) atoms. The number of hydrogen-bond donors (Lipinski definition) is 2. The van der Waals surface area contributed by atoms with E-state index in [4.69, 9.17) is 15.2 Å². The Balaban J connectivity index is 2.06. The summed E-state index contributed by atoms with van der Waals surface area (Å²) in [5.41, 5.74) is 9.57. The molecule has 1 aliphatic heterocycles. The Hall–Kier alpha value is -2.98. The molecule has 2 heterocycles. The van der Waals surface area contributed by atoms with Gasteiger partial charge in [-0.25, -0.2) is 4.79 Å². The van der Waals surface area contributed by atoms with Crippen molar-refractivity contribution in [2.24, 2.45) is 0 Å². The zero-order valence-electron chi connectivity index (χ0n) is 16.9. The molecule has 0 bridgehead atoms. The maximum atomic E-state index is 12.8. The minimum atomic E-state index is -0.409. The molecule has 7 heteroatoms. The van der Waals surface area contributed by atoms with Crippen molar-refractivity contribution < 1.29 is 14.3 Å². The first-order valence-electron chi connectivity index (χ1n) is 9.71.